The molecule has 1 rings (SSSR count). The van der Waals surface area contributed by atoms with Gasteiger partial charge in [0.2, 0.25) is 0 Å². The second-order valence-electron chi connectivity index (χ2n) is 5.75. The van der Waals surface area contributed by atoms with Crippen molar-refractivity contribution in [3.05, 3.63) is 0 Å². The molecule has 0 aromatic carbocycles. The van der Waals surface area contributed by atoms with Crippen LogP contribution in [0.25, 0.3) is 0 Å². The first-order valence-corrected chi connectivity index (χ1v) is 7.43. The van der Waals surface area contributed by atoms with Gasteiger partial charge in [0.05, 0.1) is 0 Å². The lowest BCUT2D eigenvalue weighted by atomic mass is 9.91. The van der Waals surface area contributed by atoms with Gasteiger partial charge in [0.1, 0.15) is 0 Å². The first kappa shape index (κ1) is 29.3. The van der Waals surface area contributed by atoms with Gasteiger partial charge >= 0.3 is 47.7 Å². The molecule has 19 heteroatoms. The molecule has 4 nitrogen and oxygen atoms in total. The van der Waals surface area contributed by atoms with Gasteiger partial charge in [-0.15, -0.1) is 0 Å². The molecule has 3 N–H and O–H groups in total. The molecule has 0 spiro atoms. The van der Waals surface area contributed by atoms with Gasteiger partial charge in [-0.05, 0) is 0 Å². The third kappa shape index (κ3) is 4.75. The highest BCUT2D eigenvalue weighted by Crippen LogP contribution is 2.62. The number of alkyl halides is 15. The fourth-order valence-corrected chi connectivity index (χ4v) is 1.70. The van der Waals surface area contributed by atoms with Crippen molar-refractivity contribution in [3.63, 3.8) is 0 Å². The Morgan fingerprint density at radius 3 is 1.00 bits per heavy atom. The Morgan fingerprint density at radius 2 is 0.774 bits per heavy atom. The summed E-state index contributed by atoms with van der Waals surface area (Å²) in [5.74, 6) is -52.8. The molecule has 1 aliphatic heterocycles. The van der Waals surface area contributed by atoms with Crippen LogP contribution in [0.15, 0.2) is 0 Å². The van der Waals surface area contributed by atoms with E-state index in [1.807, 2.05) is 0 Å². The van der Waals surface area contributed by atoms with Crippen LogP contribution in [0, 0.1) is 0 Å². The Balaban J connectivity index is 0.00000127. The molecular formula is C12H11F15N2O2. The Bertz CT molecular complexity index is 616. The summed E-state index contributed by atoms with van der Waals surface area (Å²) in [5, 5.41) is 14.0. The normalized spacial score (nSPS) is 17.6. The molecule has 0 aromatic rings. The summed E-state index contributed by atoms with van der Waals surface area (Å²) in [5.41, 5.74) is 0. The number of hydrogen-bond acceptors (Lipinski definition) is 3. The average Bonchev–Trinajstić information content (AvgIpc) is 2.61. The van der Waals surface area contributed by atoms with Gasteiger partial charge in [0.25, 0.3) is 0 Å². The highest BCUT2D eigenvalue weighted by atomic mass is 19.4. The van der Waals surface area contributed by atoms with Gasteiger partial charge < -0.3 is 15.7 Å². The zero-order chi connectivity index (χ0) is 25.3. The average molecular weight is 500 g/mol. The Labute approximate surface area is 161 Å². The van der Waals surface area contributed by atoms with E-state index in [0.717, 1.165) is 26.2 Å². The summed E-state index contributed by atoms with van der Waals surface area (Å²) in [4.78, 5) is 9.72. The zero-order valence-electron chi connectivity index (χ0n) is 14.4. The standard InChI is InChI=1S/C8HF15O2.C4H10N2/c9-2(10,1(24)25)3(11,12)4(13,14)5(15,16)6(17,18)7(19,20)8(21,22)23;1-2-6-4-3-5-1/h(H,24,25);5-6H,1-4H2. The van der Waals surface area contributed by atoms with Crippen molar-refractivity contribution in [1.29, 1.82) is 0 Å². The number of carboxylic acids is 1. The van der Waals surface area contributed by atoms with E-state index in [1.54, 1.807) is 0 Å². The molecule has 1 saturated heterocycles. The first-order chi connectivity index (χ1) is 13.4. The number of halogens is 15. The van der Waals surface area contributed by atoms with Crippen LogP contribution >= 0.6 is 0 Å². The van der Waals surface area contributed by atoms with E-state index >= 15 is 0 Å². The summed E-state index contributed by atoms with van der Waals surface area (Å²) in [6.07, 6.45) is -7.69. The van der Waals surface area contributed by atoms with Gasteiger partial charge in [-0.1, -0.05) is 0 Å². The summed E-state index contributed by atoms with van der Waals surface area (Å²) < 4.78 is 187. The Morgan fingerprint density at radius 1 is 0.516 bits per heavy atom. The molecular weight excluding hydrogens is 489 g/mol. The van der Waals surface area contributed by atoms with Crippen LogP contribution in [-0.4, -0.2) is 79.0 Å². The van der Waals surface area contributed by atoms with E-state index in [2.05, 4.69) is 10.6 Å². The molecule has 186 valence electrons. The number of carboxylic acid groups (broad SMARTS) is 1. The minimum Gasteiger partial charge on any atom is -0.477 e. The van der Waals surface area contributed by atoms with Crippen LogP contribution in [0.4, 0.5) is 65.9 Å². The van der Waals surface area contributed by atoms with Gasteiger partial charge in [-0.2, -0.15) is 65.9 Å². The highest BCUT2D eigenvalue weighted by Gasteiger charge is 2.94. The second kappa shape index (κ2) is 8.70. The van der Waals surface area contributed by atoms with Crippen LogP contribution in [0.3, 0.4) is 0 Å². The molecule has 1 aliphatic rings. The smallest absolute Gasteiger partial charge is 0.460 e. The topological polar surface area (TPSA) is 61.4 Å². The van der Waals surface area contributed by atoms with E-state index < -0.39 is 47.7 Å². The van der Waals surface area contributed by atoms with Gasteiger partial charge in [-0.3, -0.25) is 0 Å². The predicted molar refractivity (Wildman–Crippen MR) is 69.1 cm³/mol. The summed E-state index contributed by atoms with van der Waals surface area (Å²) in [7, 11) is 0. The Kier molecular flexibility index (Phi) is 8.24. The Hall–Kier alpha value is -1.66. The number of aliphatic carboxylic acids is 1. The third-order valence-electron chi connectivity index (χ3n) is 3.55. The van der Waals surface area contributed by atoms with Crippen LogP contribution < -0.4 is 10.6 Å². The maximum atomic E-state index is 12.8. The predicted octanol–water partition coefficient (Wildman–Crippen LogP) is 3.62. The van der Waals surface area contributed by atoms with Crippen LogP contribution in [0.5, 0.6) is 0 Å². The quantitative estimate of drug-likeness (QED) is 0.488. The molecule has 31 heavy (non-hydrogen) atoms. The fourth-order valence-electron chi connectivity index (χ4n) is 1.70. The largest absolute Gasteiger partial charge is 0.477 e. The monoisotopic (exact) mass is 500 g/mol. The van der Waals surface area contributed by atoms with Crippen LogP contribution in [0.2, 0.25) is 0 Å². The number of nitrogens with one attached hydrogen (secondary N) is 2. The lowest BCUT2D eigenvalue weighted by Gasteiger charge is -2.40. The van der Waals surface area contributed by atoms with Crippen molar-refractivity contribution in [2.45, 2.75) is 41.7 Å². The molecule has 0 aromatic heterocycles. The number of piperazine rings is 1. The SMILES string of the molecule is C1CNCCN1.O=C(O)C(F)(F)C(F)(F)C(F)(F)C(F)(F)C(F)(F)C(F)(F)C(F)(F)F. The molecule has 0 radical (unpaired) electrons. The van der Waals surface area contributed by atoms with E-state index in [0.29, 0.717) is 0 Å². The van der Waals surface area contributed by atoms with Crippen LogP contribution in [-0.2, 0) is 4.79 Å². The van der Waals surface area contributed by atoms with Gasteiger partial charge in [-0.25, -0.2) is 4.79 Å². The lowest BCUT2D eigenvalue weighted by Crippen LogP contribution is -2.73. The molecule has 0 saturated carbocycles. The molecule has 1 fully saturated rings. The van der Waals surface area contributed by atoms with Crippen molar-refractivity contribution >= 4 is 5.97 Å². The maximum Gasteiger partial charge on any atom is 0.460 e. The summed E-state index contributed by atoms with van der Waals surface area (Å²) in [6, 6.07) is 0. The molecule has 1 heterocycles. The number of carbonyl (C=O) groups is 1. The summed E-state index contributed by atoms with van der Waals surface area (Å²) >= 11 is 0. The molecule has 0 bridgehead atoms. The summed E-state index contributed by atoms with van der Waals surface area (Å²) in [6.45, 7) is 4.56. The first-order valence-electron chi connectivity index (χ1n) is 7.43. The highest BCUT2D eigenvalue weighted by molar-refractivity contribution is 5.77. The zero-order valence-corrected chi connectivity index (χ0v) is 14.4. The van der Waals surface area contributed by atoms with Crippen molar-refractivity contribution in [2.75, 3.05) is 26.2 Å². The van der Waals surface area contributed by atoms with E-state index in [-0.39, 0.29) is 0 Å². The minimum atomic E-state index is -8.47. The molecule has 0 unspecified atom stereocenters. The third-order valence-corrected chi connectivity index (χ3v) is 3.55. The van der Waals surface area contributed by atoms with Crippen molar-refractivity contribution in [3.8, 4) is 0 Å². The number of hydrogen-bond donors (Lipinski definition) is 3. The minimum absolute atomic E-state index is 1.14. The second-order valence-corrected chi connectivity index (χ2v) is 5.75. The van der Waals surface area contributed by atoms with E-state index in [9.17, 15) is 70.7 Å². The number of rotatable bonds is 6. The van der Waals surface area contributed by atoms with Crippen LogP contribution in [0.1, 0.15) is 0 Å². The lowest BCUT2D eigenvalue weighted by molar-refractivity contribution is -0.450. The van der Waals surface area contributed by atoms with E-state index in [1.165, 1.54) is 0 Å². The van der Waals surface area contributed by atoms with Crippen molar-refractivity contribution in [2.24, 2.45) is 0 Å². The van der Waals surface area contributed by atoms with Crippen molar-refractivity contribution < 1.29 is 75.8 Å². The molecule has 0 atom stereocenters. The maximum absolute atomic E-state index is 12.8. The van der Waals surface area contributed by atoms with E-state index in [4.69, 9.17) is 5.11 Å². The van der Waals surface area contributed by atoms with Gasteiger partial charge in [0.15, 0.2) is 0 Å². The van der Waals surface area contributed by atoms with Gasteiger partial charge in [0, 0.05) is 26.2 Å². The van der Waals surface area contributed by atoms with Crippen molar-refractivity contribution in [1.82, 2.24) is 10.6 Å². The fraction of sp³-hybridized carbons (Fsp3) is 0.917. The molecule has 0 amide bonds. The molecule has 0 aliphatic carbocycles.